The van der Waals surface area contributed by atoms with Gasteiger partial charge in [0.25, 0.3) is 5.91 Å². The van der Waals surface area contributed by atoms with Gasteiger partial charge in [0.1, 0.15) is 17.8 Å². The zero-order valence-electron chi connectivity index (χ0n) is 15.2. The topological polar surface area (TPSA) is 89.9 Å². The van der Waals surface area contributed by atoms with Gasteiger partial charge in [-0.05, 0) is 29.8 Å². The number of hydrogen-bond acceptors (Lipinski definition) is 4. The standard InChI is InChI=1S/C21H21N3O4/c25-16-8-6-14(7-9-16)12-17-21(28)24-11-10-23(13-18(24)19(26)22-17)20(27)15-4-2-1-3-5-15/h1-9,17-18,25H,10-13H2,(H,22,26). The number of nitrogens with zero attached hydrogens (tertiary/aromatic N) is 2. The van der Waals surface area contributed by atoms with E-state index in [1.807, 2.05) is 6.07 Å². The molecule has 2 fully saturated rings. The first-order chi connectivity index (χ1) is 13.5. The Kier molecular flexibility index (Phi) is 4.73. The predicted molar refractivity (Wildman–Crippen MR) is 102 cm³/mol. The van der Waals surface area contributed by atoms with E-state index in [1.54, 1.807) is 58.3 Å². The number of hydrogen-bond donors (Lipinski definition) is 2. The normalized spacial score (nSPS) is 21.9. The van der Waals surface area contributed by atoms with Crippen molar-refractivity contribution in [1.82, 2.24) is 15.1 Å². The molecule has 2 heterocycles. The third-order valence-electron chi connectivity index (χ3n) is 5.26. The lowest BCUT2D eigenvalue weighted by Gasteiger charge is -2.45. The van der Waals surface area contributed by atoms with Crippen molar-refractivity contribution in [2.75, 3.05) is 19.6 Å². The summed E-state index contributed by atoms with van der Waals surface area (Å²) in [5, 5.41) is 12.2. The molecule has 2 saturated heterocycles. The van der Waals surface area contributed by atoms with Crippen molar-refractivity contribution in [1.29, 1.82) is 0 Å². The summed E-state index contributed by atoms with van der Waals surface area (Å²) in [6.07, 6.45) is 0.362. The summed E-state index contributed by atoms with van der Waals surface area (Å²) in [6.45, 7) is 0.925. The predicted octanol–water partition coefficient (Wildman–Crippen LogP) is 0.786. The minimum atomic E-state index is -0.662. The number of amides is 3. The van der Waals surface area contributed by atoms with Crippen LogP contribution in [0.4, 0.5) is 0 Å². The van der Waals surface area contributed by atoms with Crippen LogP contribution in [0, 0.1) is 0 Å². The van der Waals surface area contributed by atoms with E-state index in [2.05, 4.69) is 5.32 Å². The maximum absolute atomic E-state index is 12.9. The maximum Gasteiger partial charge on any atom is 0.253 e. The Labute approximate surface area is 162 Å². The molecule has 0 aliphatic carbocycles. The van der Waals surface area contributed by atoms with Crippen molar-refractivity contribution in [3.8, 4) is 5.75 Å². The number of piperazine rings is 2. The number of nitrogens with one attached hydrogen (secondary N) is 1. The Balaban J connectivity index is 1.45. The van der Waals surface area contributed by atoms with E-state index in [4.69, 9.17) is 0 Å². The maximum atomic E-state index is 12.9. The fourth-order valence-corrected chi connectivity index (χ4v) is 3.75. The summed E-state index contributed by atoms with van der Waals surface area (Å²) in [5.41, 5.74) is 1.43. The quantitative estimate of drug-likeness (QED) is 0.825. The molecular weight excluding hydrogens is 358 g/mol. The molecule has 2 aliphatic heterocycles. The fraction of sp³-hybridized carbons (Fsp3) is 0.286. The zero-order chi connectivity index (χ0) is 19.7. The molecule has 2 aromatic carbocycles. The van der Waals surface area contributed by atoms with Crippen molar-refractivity contribution >= 4 is 17.7 Å². The molecule has 0 spiro atoms. The van der Waals surface area contributed by atoms with Crippen molar-refractivity contribution < 1.29 is 19.5 Å². The third kappa shape index (κ3) is 3.43. The molecule has 144 valence electrons. The molecule has 2 aromatic rings. The van der Waals surface area contributed by atoms with Gasteiger partial charge >= 0.3 is 0 Å². The number of benzene rings is 2. The van der Waals surface area contributed by atoms with Gasteiger partial charge in [-0.15, -0.1) is 0 Å². The van der Waals surface area contributed by atoms with Crippen molar-refractivity contribution in [2.24, 2.45) is 0 Å². The first-order valence-corrected chi connectivity index (χ1v) is 9.26. The minimum Gasteiger partial charge on any atom is -0.508 e. The summed E-state index contributed by atoms with van der Waals surface area (Å²) in [6, 6.07) is 14.2. The Bertz CT molecular complexity index is 898. The molecule has 0 radical (unpaired) electrons. The van der Waals surface area contributed by atoms with Crippen molar-refractivity contribution in [2.45, 2.75) is 18.5 Å². The van der Waals surface area contributed by atoms with Crippen LogP contribution in [0.2, 0.25) is 0 Å². The van der Waals surface area contributed by atoms with Gasteiger partial charge in [-0.1, -0.05) is 30.3 Å². The van der Waals surface area contributed by atoms with E-state index >= 15 is 0 Å². The average Bonchev–Trinajstić information content (AvgIpc) is 2.73. The first kappa shape index (κ1) is 18.0. The van der Waals surface area contributed by atoms with Gasteiger partial charge in [-0.2, -0.15) is 0 Å². The van der Waals surface area contributed by atoms with Gasteiger partial charge in [0.05, 0.1) is 6.54 Å². The van der Waals surface area contributed by atoms with Crippen LogP contribution in [0.15, 0.2) is 54.6 Å². The smallest absolute Gasteiger partial charge is 0.253 e. The highest BCUT2D eigenvalue weighted by molar-refractivity contribution is 5.99. The summed E-state index contributed by atoms with van der Waals surface area (Å²) < 4.78 is 0. The second kappa shape index (κ2) is 7.34. The van der Waals surface area contributed by atoms with E-state index in [1.165, 1.54) is 0 Å². The molecule has 2 atom stereocenters. The van der Waals surface area contributed by atoms with Crippen LogP contribution in [-0.2, 0) is 16.0 Å². The van der Waals surface area contributed by atoms with Crippen molar-refractivity contribution in [3.05, 3.63) is 65.7 Å². The van der Waals surface area contributed by atoms with Gasteiger partial charge < -0.3 is 20.2 Å². The minimum absolute atomic E-state index is 0.133. The number of phenolic OH excluding ortho intramolecular Hbond substituents is 1. The number of phenols is 1. The highest BCUT2D eigenvalue weighted by atomic mass is 16.3. The van der Waals surface area contributed by atoms with Crippen LogP contribution in [0.1, 0.15) is 15.9 Å². The summed E-state index contributed by atoms with van der Waals surface area (Å²) in [5.74, 6) is -0.354. The number of rotatable bonds is 3. The number of carbonyl (C=O) groups is 3. The Morgan fingerprint density at radius 1 is 1.04 bits per heavy atom. The van der Waals surface area contributed by atoms with E-state index in [9.17, 15) is 19.5 Å². The second-order valence-electron chi connectivity index (χ2n) is 7.10. The molecule has 2 N–H and O–H groups in total. The average molecular weight is 379 g/mol. The van der Waals surface area contributed by atoms with Gasteiger partial charge in [0.15, 0.2) is 0 Å². The Morgan fingerprint density at radius 2 is 1.75 bits per heavy atom. The SMILES string of the molecule is O=C1NC(Cc2ccc(O)cc2)C(=O)N2CCN(C(=O)c3ccccc3)CC12. The molecule has 7 nitrogen and oxygen atoms in total. The molecule has 2 aliphatic rings. The Hall–Kier alpha value is -3.35. The van der Waals surface area contributed by atoms with Gasteiger partial charge in [-0.25, -0.2) is 0 Å². The molecular formula is C21H21N3O4. The number of carbonyl (C=O) groups excluding carboxylic acids is 3. The lowest BCUT2D eigenvalue weighted by molar-refractivity contribution is -0.152. The summed E-state index contributed by atoms with van der Waals surface area (Å²) >= 11 is 0. The lowest BCUT2D eigenvalue weighted by atomic mass is 9.98. The molecule has 7 heteroatoms. The molecule has 28 heavy (non-hydrogen) atoms. The molecule has 3 amide bonds. The Morgan fingerprint density at radius 3 is 2.46 bits per heavy atom. The largest absolute Gasteiger partial charge is 0.508 e. The van der Waals surface area contributed by atoms with E-state index in [0.29, 0.717) is 25.1 Å². The van der Waals surface area contributed by atoms with Crippen LogP contribution in [0.5, 0.6) is 5.75 Å². The molecule has 0 aromatic heterocycles. The van der Waals surface area contributed by atoms with Crippen LogP contribution in [0.25, 0.3) is 0 Å². The van der Waals surface area contributed by atoms with Crippen LogP contribution < -0.4 is 5.32 Å². The van der Waals surface area contributed by atoms with Crippen LogP contribution in [-0.4, -0.2) is 64.3 Å². The first-order valence-electron chi connectivity index (χ1n) is 9.26. The molecule has 4 rings (SSSR count). The third-order valence-corrected chi connectivity index (χ3v) is 5.26. The highest BCUT2D eigenvalue weighted by Gasteiger charge is 2.44. The monoisotopic (exact) mass is 379 g/mol. The van der Waals surface area contributed by atoms with E-state index in [-0.39, 0.29) is 30.0 Å². The fourth-order valence-electron chi connectivity index (χ4n) is 3.75. The van der Waals surface area contributed by atoms with Gasteiger partial charge in [0.2, 0.25) is 11.8 Å². The summed E-state index contributed by atoms with van der Waals surface area (Å²) in [4.78, 5) is 41.4. The van der Waals surface area contributed by atoms with Crippen LogP contribution >= 0.6 is 0 Å². The van der Waals surface area contributed by atoms with Crippen molar-refractivity contribution in [3.63, 3.8) is 0 Å². The highest BCUT2D eigenvalue weighted by Crippen LogP contribution is 2.20. The number of aromatic hydroxyl groups is 1. The summed E-state index contributed by atoms with van der Waals surface area (Å²) in [7, 11) is 0. The van der Waals surface area contributed by atoms with Crippen LogP contribution in [0.3, 0.4) is 0 Å². The lowest BCUT2D eigenvalue weighted by Crippen LogP contribution is -2.70. The molecule has 2 unspecified atom stereocenters. The van der Waals surface area contributed by atoms with Gasteiger partial charge in [-0.3, -0.25) is 14.4 Å². The second-order valence-corrected chi connectivity index (χ2v) is 7.10. The van der Waals surface area contributed by atoms with E-state index in [0.717, 1.165) is 5.56 Å². The molecule has 0 saturated carbocycles. The molecule has 0 bridgehead atoms. The van der Waals surface area contributed by atoms with Gasteiger partial charge in [0, 0.05) is 25.1 Å². The van der Waals surface area contributed by atoms with E-state index < -0.39 is 12.1 Å². The number of fused-ring (bicyclic) bond motifs is 1. The zero-order valence-corrected chi connectivity index (χ0v) is 15.2.